The molecule has 0 saturated carbocycles. The molecule has 1 aliphatic rings. The van der Waals surface area contributed by atoms with Crippen LogP contribution in [0.4, 0.5) is 5.82 Å². The molecule has 1 aliphatic heterocycles. The van der Waals surface area contributed by atoms with Gasteiger partial charge in [-0.2, -0.15) is 5.10 Å². The molecule has 18 heavy (non-hydrogen) atoms. The first kappa shape index (κ1) is 11.0. The fraction of sp³-hybridized carbons (Fsp3) is 0.333. The molecule has 0 bridgehead atoms. The Hall–Kier alpha value is -2.08. The number of aromatic nitrogens is 2. The molecule has 1 fully saturated rings. The molecule has 1 unspecified atom stereocenters. The molecule has 0 aromatic carbocycles. The average molecular weight is 247 g/mol. The van der Waals surface area contributed by atoms with Gasteiger partial charge in [0.05, 0.1) is 18.7 Å². The van der Waals surface area contributed by atoms with E-state index in [9.17, 15) is 9.90 Å². The van der Waals surface area contributed by atoms with Gasteiger partial charge in [0.1, 0.15) is 5.82 Å². The van der Waals surface area contributed by atoms with E-state index in [4.69, 9.17) is 4.74 Å². The summed E-state index contributed by atoms with van der Waals surface area (Å²) in [7, 11) is 0. The van der Waals surface area contributed by atoms with Crippen LogP contribution in [0.25, 0.3) is 5.52 Å². The van der Waals surface area contributed by atoms with E-state index in [0.717, 1.165) is 11.3 Å². The van der Waals surface area contributed by atoms with Crippen molar-refractivity contribution in [2.75, 3.05) is 24.7 Å². The summed E-state index contributed by atoms with van der Waals surface area (Å²) in [4.78, 5) is 13.1. The molecule has 0 aliphatic carbocycles. The molecular weight excluding hydrogens is 234 g/mol. The van der Waals surface area contributed by atoms with Crippen LogP contribution in [0, 0.1) is 0 Å². The molecule has 3 heterocycles. The maximum absolute atomic E-state index is 11.2. The predicted octanol–water partition coefficient (Wildman–Crippen LogP) is 0.624. The van der Waals surface area contributed by atoms with Crippen molar-refractivity contribution in [3.05, 3.63) is 30.5 Å². The van der Waals surface area contributed by atoms with Crippen LogP contribution in [0.5, 0.6) is 0 Å². The number of anilines is 1. The Morgan fingerprint density at radius 1 is 1.44 bits per heavy atom. The topological polar surface area (TPSA) is 67.1 Å². The Kier molecular flexibility index (Phi) is 2.64. The lowest BCUT2D eigenvalue weighted by Gasteiger charge is -2.33. The third-order valence-electron chi connectivity index (χ3n) is 3.11. The Labute approximate surface area is 103 Å². The number of carbonyl (C=O) groups is 1. The summed E-state index contributed by atoms with van der Waals surface area (Å²) in [6, 6.07) is 6.96. The van der Waals surface area contributed by atoms with Crippen LogP contribution in [0.1, 0.15) is 0 Å². The first-order valence-electron chi connectivity index (χ1n) is 5.77. The Bertz CT molecular complexity index is 581. The van der Waals surface area contributed by atoms with Gasteiger partial charge in [0, 0.05) is 12.7 Å². The van der Waals surface area contributed by atoms with Gasteiger partial charge in [-0.15, -0.1) is 0 Å². The summed E-state index contributed by atoms with van der Waals surface area (Å²) in [5, 5.41) is 13.5. The molecule has 1 saturated heterocycles. The highest BCUT2D eigenvalue weighted by Crippen LogP contribution is 2.22. The number of carboxylic acids is 1. The van der Waals surface area contributed by atoms with Gasteiger partial charge in [-0.1, -0.05) is 0 Å². The van der Waals surface area contributed by atoms with Crippen molar-refractivity contribution in [3.8, 4) is 0 Å². The van der Waals surface area contributed by atoms with E-state index in [0.29, 0.717) is 13.2 Å². The molecule has 0 spiro atoms. The quantitative estimate of drug-likeness (QED) is 0.842. The largest absolute Gasteiger partial charge is 0.480 e. The number of carboxylic acid groups (broad SMARTS) is 1. The highest BCUT2D eigenvalue weighted by atomic mass is 16.5. The summed E-state index contributed by atoms with van der Waals surface area (Å²) in [5.41, 5.74) is 0.947. The van der Waals surface area contributed by atoms with Crippen molar-refractivity contribution in [2.45, 2.75) is 6.04 Å². The molecule has 0 radical (unpaired) electrons. The lowest BCUT2D eigenvalue weighted by atomic mass is 10.2. The first-order chi connectivity index (χ1) is 8.77. The minimum Gasteiger partial charge on any atom is -0.480 e. The molecule has 3 rings (SSSR count). The zero-order chi connectivity index (χ0) is 12.5. The van der Waals surface area contributed by atoms with E-state index in [2.05, 4.69) is 5.10 Å². The number of ether oxygens (including phenoxy) is 1. The summed E-state index contributed by atoms with van der Waals surface area (Å²) >= 11 is 0. The van der Waals surface area contributed by atoms with Gasteiger partial charge < -0.3 is 14.7 Å². The maximum Gasteiger partial charge on any atom is 0.328 e. The number of nitrogens with zero attached hydrogens (tertiary/aromatic N) is 3. The fourth-order valence-electron chi connectivity index (χ4n) is 2.23. The zero-order valence-corrected chi connectivity index (χ0v) is 9.69. The number of rotatable bonds is 2. The van der Waals surface area contributed by atoms with Crippen LogP contribution in [0.2, 0.25) is 0 Å². The molecule has 6 heteroatoms. The van der Waals surface area contributed by atoms with Crippen LogP contribution in [0.15, 0.2) is 30.5 Å². The van der Waals surface area contributed by atoms with Crippen molar-refractivity contribution >= 4 is 17.3 Å². The van der Waals surface area contributed by atoms with Gasteiger partial charge in [0.2, 0.25) is 0 Å². The number of aliphatic carboxylic acids is 1. The predicted molar refractivity (Wildman–Crippen MR) is 64.8 cm³/mol. The molecule has 2 aromatic heterocycles. The highest BCUT2D eigenvalue weighted by Gasteiger charge is 2.30. The van der Waals surface area contributed by atoms with Gasteiger partial charge >= 0.3 is 5.97 Å². The van der Waals surface area contributed by atoms with Crippen molar-refractivity contribution < 1.29 is 14.6 Å². The van der Waals surface area contributed by atoms with Gasteiger partial charge in [0.15, 0.2) is 6.04 Å². The normalized spacial score (nSPS) is 20.2. The number of morpholine rings is 1. The van der Waals surface area contributed by atoms with E-state index >= 15 is 0 Å². The second-order valence-corrected chi connectivity index (χ2v) is 4.17. The molecular formula is C12H13N3O3. The Morgan fingerprint density at radius 2 is 2.33 bits per heavy atom. The third-order valence-corrected chi connectivity index (χ3v) is 3.11. The molecule has 2 aromatic rings. The van der Waals surface area contributed by atoms with Crippen LogP contribution < -0.4 is 4.90 Å². The molecule has 94 valence electrons. The minimum atomic E-state index is -0.874. The summed E-state index contributed by atoms with van der Waals surface area (Å²) < 4.78 is 6.98. The van der Waals surface area contributed by atoms with Crippen molar-refractivity contribution in [1.29, 1.82) is 0 Å². The summed E-state index contributed by atoms with van der Waals surface area (Å²) in [6.07, 6.45) is 1.69. The first-order valence-corrected chi connectivity index (χ1v) is 5.77. The fourth-order valence-corrected chi connectivity index (χ4v) is 2.23. The monoisotopic (exact) mass is 247 g/mol. The van der Waals surface area contributed by atoms with Crippen LogP contribution in [0.3, 0.4) is 0 Å². The second kappa shape index (κ2) is 4.30. The van der Waals surface area contributed by atoms with Gasteiger partial charge in [-0.05, 0) is 24.3 Å². The number of fused-ring (bicyclic) bond motifs is 1. The Morgan fingerprint density at radius 3 is 3.17 bits per heavy atom. The minimum absolute atomic E-state index is 0.204. The zero-order valence-electron chi connectivity index (χ0n) is 9.69. The highest BCUT2D eigenvalue weighted by molar-refractivity contribution is 5.78. The van der Waals surface area contributed by atoms with Crippen molar-refractivity contribution in [2.24, 2.45) is 0 Å². The van der Waals surface area contributed by atoms with E-state index in [1.54, 1.807) is 10.7 Å². The Balaban J connectivity index is 2.04. The van der Waals surface area contributed by atoms with Gasteiger partial charge in [0.25, 0.3) is 0 Å². The SMILES string of the molecule is O=C(O)C1COCCN1c1ccc2cccnn12. The smallest absolute Gasteiger partial charge is 0.328 e. The van der Waals surface area contributed by atoms with Crippen molar-refractivity contribution in [3.63, 3.8) is 0 Å². The van der Waals surface area contributed by atoms with E-state index in [-0.39, 0.29) is 6.61 Å². The number of hydrogen-bond acceptors (Lipinski definition) is 4. The van der Waals surface area contributed by atoms with E-state index < -0.39 is 12.0 Å². The second-order valence-electron chi connectivity index (χ2n) is 4.17. The number of hydrogen-bond donors (Lipinski definition) is 1. The standard InChI is InChI=1S/C12H13N3O3/c16-12(17)10-8-18-7-6-14(10)11-4-3-9-2-1-5-13-15(9)11/h1-5,10H,6-8H2,(H,16,17). The maximum atomic E-state index is 11.2. The summed E-state index contributed by atoms with van der Waals surface area (Å²) in [6.45, 7) is 1.29. The van der Waals surface area contributed by atoms with Crippen molar-refractivity contribution in [1.82, 2.24) is 9.61 Å². The molecule has 1 N–H and O–H groups in total. The lowest BCUT2D eigenvalue weighted by Crippen LogP contribution is -2.50. The average Bonchev–Trinajstić information content (AvgIpc) is 2.82. The van der Waals surface area contributed by atoms with E-state index in [1.165, 1.54) is 0 Å². The summed E-state index contributed by atoms with van der Waals surface area (Å²) in [5.74, 6) is -0.0816. The lowest BCUT2D eigenvalue weighted by molar-refractivity contribution is -0.141. The van der Waals surface area contributed by atoms with Crippen LogP contribution in [-0.4, -0.2) is 46.5 Å². The third kappa shape index (κ3) is 1.70. The molecule has 6 nitrogen and oxygen atoms in total. The van der Waals surface area contributed by atoms with E-state index in [1.807, 2.05) is 29.2 Å². The van der Waals surface area contributed by atoms with Gasteiger partial charge in [-0.3, -0.25) is 0 Å². The molecule has 1 atom stereocenters. The molecule has 0 amide bonds. The van der Waals surface area contributed by atoms with Gasteiger partial charge in [-0.25, -0.2) is 9.31 Å². The van der Waals surface area contributed by atoms with Crippen LogP contribution in [-0.2, 0) is 9.53 Å². The van der Waals surface area contributed by atoms with Crippen LogP contribution >= 0.6 is 0 Å².